The number of anilines is 2. The lowest BCUT2D eigenvalue weighted by Gasteiger charge is -2.25. The summed E-state index contributed by atoms with van der Waals surface area (Å²) in [6, 6.07) is 21.2. The van der Waals surface area contributed by atoms with Crippen LogP contribution in [0.5, 0.6) is 0 Å². The molecule has 0 aliphatic heterocycles. The van der Waals surface area contributed by atoms with E-state index in [0.717, 1.165) is 28.1 Å². The van der Waals surface area contributed by atoms with Crippen molar-refractivity contribution in [2.75, 3.05) is 5.01 Å². The van der Waals surface area contributed by atoms with E-state index in [9.17, 15) is 4.79 Å². The fourth-order valence-corrected chi connectivity index (χ4v) is 3.03. The van der Waals surface area contributed by atoms with E-state index in [2.05, 4.69) is 15.5 Å². The number of pyridine rings is 1. The van der Waals surface area contributed by atoms with Crippen LogP contribution in [0.2, 0.25) is 0 Å². The summed E-state index contributed by atoms with van der Waals surface area (Å²) >= 11 is 0. The minimum atomic E-state index is -0.236. The number of hydrogen-bond donors (Lipinski definition) is 1. The normalized spacial score (nSPS) is 10.7. The lowest BCUT2D eigenvalue weighted by molar-refractivity contribution is 0.0953. The van der Waals surface area contributed by atoms with E-state index in [0.29, 0.717) is 5.56 Å². The first-order chi connectivity index (χ1) is 13.1. The summed E-state index contributed by atoms with van der Waals surface area (Å²) in [4.78, 5) is 17.3. The minimum absolute atomic E-state index is 0.236. The van der Waals surface area contributed by atoms with Crippen LogP contribution in [0.4, 0.5) is 11.4 Å². The van der Waals surface area contributed by atoms with E-state index in [1.165, 1.54) is 0 Å². The maximum Gasteiger partial charge on any atom is 0.271 e. The van der Waals surface area contributed by atoms with E-state index in [1.807, 2.05) is 80.7 Å². The number of carbonyl (C=O) groups is 1. The lowest BCUT2D eigenvalue weighted by Crippen LogP contribution is -2.39. The van der Waals surface area contributed by atoms with Gasteiger partial charge in [0.25, 0.3) is 5.91 Å². The number of hydrazine groups is 1. The Morgan fingerprint density at radius 1 is 1.00 bits per heavy atom. The molecule has 6 nitrogen and oxygen atoms in total. The van der Waals surface area contributed by atoms with Gasteiger partial charge in [0, 0.05) is 18.6 Å². The molecule has 2 aromatic heterocycles. The highest BCUT2D eigenvalue weighted by Gasteiger charge is 2.16. The Bertz CT molecular complexity index is 1050. The Balaban J connectivity index is 1.69. The molecular formula is C21H19N5O. The summed E-state index contributed by atoms with van der Waals surface area (Å²) in [6.07, 6.45) is 1.58. The lowest BCUT2D eigenvalue weighted by atomic mass is 10.2. The largest absolute Gasteiger partial charge is 0.271 e. The number of benzene rings is 2. The van der Waals surface area contributed by atoms with Gasteiger partial charge in [0.15, 0.2) is 5.65 Å². The molecule has 4 rings (SSSR count). The van der Waals surface area contributed by atoms with Crippen molar-refractivity contribution in [2.45, 2.75) is 6.92 Å². The molecule has 0 atom stereocenters. The number of amides is 1. The van der Waals surface area contributed by atoms with Crippen molar-refractivity contribution >= 4 is 28.3 Å². The molecule has 1 N–H and O–H groups in total. The molecule has 0 spiro atoms. The molecule has 0 unspecified atom stereocenters. The Kier molecular flexibility index (Phi) is 4.30. The van der Waals surface area contributed by atoms with Crippen LogP contribution in [0.1, 0.15) is 16.1 Å². The third kappa shape index (κ3) is 3.25. The van der Waals surface area contributed by atoms with Crippen LogP contribution < -0.4 is 10.4 Å². The van der Waals surface area contributed by atoms with Gasteiger partial charge in [0.05, 0.1) is 22.6 Å². The van der Waals surface area contributed by atoms with Gasteiger partial charge in [0.2, 0.25) is 0 Å². The second-order valence-electron chi connectivity index (χ2n) is 6.25. The van der Waals surface area contributed by atoms with Gasteiger partial charge in [0.1, 0.15) is 0 Å². The summed E-state index contributed by atoms with van der Waals surface area (Å²) in [6.45, 7) is 1.91. The first-order valence-corrected chi connectivity index (χ1v) is 8.64. The maximum absolute atomic E-state index is 12.9. The predicted octanol–water partition coefficient (Wildman–Crippen LogP) is 3.76. The number of rotatable bonds is 4. The third-order valence-corrected chi connectivity index (χ3v) is 4.37. The van der Waals surface area contributed by atoms with Crippen LogP contribution in [-0.2, 0) is 7.05 Å². The van der Waals surface area contributed by atoms with Crippen LogP contribution in [0.3, 0.4) is 0 Å². The summed E-state index contributed by atoms with van der Waals surface area (Å²) in [5.41, 5.74) is 6.80. The summed E-state index contributed by atoms with van der Waals surface area (Å²) < 4.78 is 1.71. The SMILES string of the molecule is Cc1nn(C)c2ncc(C(=O)NN(c3ccccc3)c3ccccc3)cc12. The van der Waals surface area contributed by atoms with Crippen molar-refractivity contribution in [3.05, 3.63) is 84.2 Å². The van der Waals surface area contributed by atoms with Gasteiger partial charge in [-0.3, -0.25) is 19.9 Å². The van der Waals surface area contributed by atoms with Crippen LogP contribution in [-0.4, -0.2) is 20.7 Å². The molecule has 2 aromatic carbocycles. The zero-order valence-electron chi connectivity index (χ0n) is 15.1. The van der Waals surface area contributed by atoms with E-state index < -0.39 is 0 Å². The molecule has 1 amide bonds. The smallest absolute Gasteiger partial charge is 0.267 e. The zero-order valence-corrected chi connectivity index (χ0v) is 15.1. The van der Waals surface area contributed by atoms with Gasteiger partial charge in [-0.2, -0.15) is 5.10 Å². The number of nitrogens with zero attached hydrogens (tertiary/aromatic N) is 4. The monoisotopic (exact) mass is 357 g/mol. The van der Waals surface area contributed by atoms with Gasteiger partial charge in [-0.15, -0.1) is 0 Å². The molecule has 0 aliphatic rings. The zero-order chi connectivity index (χ0) is 18.8. The van der Waals surface area contributed by atoms with Crippen LogP contribution in [0.25, 0.3) is 11.0 Å². The Hall–Kier alpha value is -3.67. The van der Waals surface area contributed by atoms with Gasteiger partial charge in [-0.25, -0.2) is 4.98 Å². The van der Waals surface area contributed by atoms with E-state index in [-0.39, 0.29) is 5.91 Å². The third-order valence-electron chi connectivity index (χ3n) is 4.37. The van der Waals surface area contributed by atoms with Gasteiger partial charge in [-0.1, -0.05) is 36.4 Å². The van der Waals surface area contributed by atoms with Crippen molar-refractivity contribution in [3.63, 3.8) is 0 Å². The van der Waals surface area contributed by atoms with Gasteiger partial charge < -0.3 is 0 Å². The Morgan fingerprint density at radius 3 is 2.19 bits per heavy atom. The Labute approximate surface area is 157 Å². The predicted molar refractivity (Wildman–Crippen MR) is 106 cm³/mol. The average molecular weight is 357 g/mol. The van der Waals surface area contributed by atoms with Gasteiger partial charge >= 0.3 is 0 Å². The van der Waals surface area contributed by atoms with E-state index in [1.54, 1.807) is 15.9 Å². The van der Waals surface area contributed by atoms with Crippen molar-refractivity contribution in [1.82, 2.24) is 20.2 Å². The number of carbonyl (C=O) groups excluding carboxylic acids is 1. The standard InChI is InChI=1S/C21H19N5O/c1-15-19-13-16(14-22-20(19)25(2)23-15)21(27)24-26(17-9-5-3-6-10-17)18-11-7-4-8-12-18/h3-14H,1-2H3,(H,24,27). The first-order valence-electron chi connectivity index (χ1n) is 8.64. The molecule has 4 aromatic rings. The highest BCUT2D eigenvalue weighted by Crippen LogP contribution is 2.23. The number of aryl methyl sites for hydroxylation is 2. The minimum Gasteiger partial charge on any atom is -0.267 e. The number of para-hydroxylation sites is 2. The van der Waals surface area contributed by atoms with Crippen molar-refractivity contribution < 1.29 is 4.79 Å². The molecule has 0 saturated carbocycles. The van der Waals surface area contributed by atoms with Crippen LogP contribution in [0.15, 0.2) is 72.9 Å². The molecule has 0 fully saturated rings. The molecule has 27 heavy (non-hydrogen) atoms. The van der Waals surface area contributed by atoms with Gasteiger partial charge in [-0.05, 0) is 37.3 Å². The average Bonchev–Trinajstić information content (AvgIpc) is 3.00. The van der Waals surface area contributed by atoms with Crippen LogP contribution in [0, 0.1) is 6.92 Å². The molecular weight excluding hydrogens is 338 g/mol. The highest BCUT2D eigenvalue weighted by atomic mass is 16.2. The first kappa shape index (κ1) is 16.8. The second-order valence-corrected chi connectivity index (χ2v) is 6.25. The second kappa shape index (κ2) is 6.92. The van der Waals surface area contributed by atoms with Crippen molar-refractivity contribution in [2.24, 2.45) is 7.05 Å². The fraction of sp³-hybridized carbons (Fsp3) is 0.0952. The van der Waals surface area contributed by atoms with E-state index >= 15 is 0 Å². The quantitative estimate of drug-likeness (QED) is 0.565. The summed E-state index contributed by atoms with van der Waals surface area (Å²) in [7, 11) is 1.84. The molecule has 0 aliphatic carbocycles. The van der Waals surface area contributed by atoms with Crippen molar-refractivity contribution in [3.8, 4) is 0 Å². The molecule has 2 heterocycles. The maximum atomic E-state index is 12.9. The highest BCUT2D eigenvalue weighted by molar-refractivity contribution is 5.98. The van der Waals surface area contributed by atoms with Crippen molar-refractivity contribution in [1.29, 1.82) is 0 Å². The number of fused-ring (bicyclic) bond motifs is 1. The van der Waals surface area contributed by atoms with Crippen LogP contribution >= 0.6 is 0 Å². The fourth-order valence-electron chi connectivity index (χ4n) is 3.03. The molecule has 134 valence electrons. The molecule has 0 bridgehead atoms. The topological polar surface area (TPSA) is 63.1 Å². The number of nitrogens with one attached hydrogen (secondary N) is 1. The molecule has 0 radical (unpaired) electrons. The van der Waals surface area contributed by atoms with E-state index in [4.69, 9.17) is 0 Å². The summed E-state index contributed by atoms with van der Waals surface area (Å²) in [5, 5.41) is 7.00. The number of aromatic nitrogens is 3. The molecule has 6 heteroatoms. The summed E-state index contributed by atoms with van der Waals surface area (Å²) in [5.74, 6) is -0.236. The number of hydrogen-bond acceptors (Lipinski definition) is 4. The Morgan fingerprint density at radius 2 is 1.59 bits per heavy atom. The molecule has 0 saturated heterocycles.